The molecule has 2 unspecified atom stereocenters. The Balaban J connectivity index is 1.35. The van der Waals surface area contributed by atoms with Gasteiger partial charge in [0, 0.05) is 63.4 Å². The average Bonchev–Trinajstić information content (AvgIpc) is 3.54. The van der Waals surface area contributed by atoms with E-state index in [4.69, 9.17) is 9.51 Å². The first kappa shape index (κ1) is 19.7. The molecule has 7 heteroatoms. The molecule has 1 aliphatic carbocycles. The topological polar surface area (TPSA) is 75.4 Å². The summed E-state index contributed by atoms with van der Waals surface area (Å²) in [6.07, 6.45) is 10.8. The molecule has 0 bridgehead atoms. The summed E-state index contributed by atoms with van der Waals surface area (Å²) in [4.78, 5) is 25.5. The lowest BCUT2D eigenvalue weighted by Crippen LogP contribution is -2.45. The van der Waals surface area contributed by atoms with Crippen LogP contribution in [0.5, 0.6) is 0 Å². The van der Waals surface area contributed by atoms with Crippen molar-refractivity contribution >= 4 is 5.91 Å². The van der Waals surface area contributed by atoms with Crippen LogP contribution in [-0.2, 0) is 4.79 Å². The van der Waals surface area contributed by atoms with Gasteiger partial charge in [-0.2, -0.15) is 4.98 Å². The third kappa shape index (κ3) is 3.87. The second kappa shape index (κ2) is 8.46. The van der Waals surface area contributed by atoms with Gasteiger partial charge >= 0.3 is 0 Å². The van der Waals surface area contributed by atoms with Crippen molar-refractivity contribution in [3.63, 3.8) is 0 Å². The molecule has 2 aliphatic heterocycles. The van der Waals surface area contributed by atoms with Crippen LogP contribution >= 0.6 is 0 Å². The molecule has 2 aromatic heterocycles. The summed E-state index contributed by atoms with van der Waals surface area (Å²) < 4.78 is 5.84. The van der Waals surface area contributed by atoms with E-state index < -0.39 is 0 Å². The van der Waals surface area contributed by atoms with Gasteiger partial charge < -0.3 is 9.42 Å². The Morgan fingerprint density at radius 1 is 1.10 bits per heavy atom. The highest BCUT2D eigenvalue weighted by Gasteiger charge is 2.42. The summed E-state index contributed by atoms with van der Waals surface area (Å²) in [6, 6.07) is 4.68. The zero-order chi connectivity index (χ0) is 20.5. The molecule has 1 amide bonds. The maximum absolute atomic E-state index is 11.7. The quantitative estimate of drug-likeness (QED) is 0.771. The van der Waals surface area contributed by atoms with Gasteiger partial charge in [-0.05, 0) is 37.3 Å². The van der Waals surface area contributed by atoms with E-state index in [1.54, 1.807) is 6.92 Å². The molecule has 160 valence electrons. The van der Waals surface area contributed by atoms with Crippen LogP contribution in [0.25, 0.3) is 0 Å². The van der Waals surface area contributed by atoms with Crippen LogP contribution in [0.2, 0.25) is 0 Å². The number of carbonyl (C=O) groups excluding carboxylic acids is 1. The van der Waals surface area contributed by atoms with E-state index in [0.717, 1.165) is 50.7 Å². The molecule has 7 nitrogen and oxygen atoms in total. The van der Waals surface area contributed by atoms with Gasteiger partial charge in [-0.3, -0.25) is 14.7 Å². The monoisotopic (exact) mass is 409 g/mol. The van der Waals surface area contributed by atoms with E-state index in [2.05, 4.69) is 21.1 Å². The summed E-state index contributed by atoms with van der Waals surface area (Å²) in [7, 11) is 0. The maximum atomic E-state index is 11.7. The van der Waals surface area contributed by atoms with Crippen molar-refractivity contribution in [3.8, 4) is 0 Å². The van der Waals surface area contributed by atoms with Crippen LogP contribution in [-0.4, -0.2) is 63.1 Å². The molecule has 2 aromatic rings. The molecule has 3 fully saturated rings. The van der Waals surface area contributed by atoms with Crippen LogP contribution in [0.4, 0.5) is 0 Å². The van der Waals surface area contributed by atoms with E-state index in [0.29, 0.717) is 17.9 Å². The number of amides is 1. The summed E-state index contributed by atoms with van der Waals surface area (Å²) in [5, 5.41) is 4.37. The Labute approximate surface area is 177 Å². The van der Waals surface area contributed by atoms with Crippen molar-refractivity contribution in [2.24, 2.45) is 0 Å². The number of carbonyl (C=O) groups is 1. The Morgan fingerprint density at radius 3 is 2.57 bits per heavy atom. The summed E-state index contributed by atoms with van der Waals surface area (Å²) >= 11 is 0. The molecule has 1 saturated carbocycles. The van der Waals surface area contributed by atoms with Crippen LogP contribution in [0, 0.1) is 0 Å². The lowest BCUT2D eigenvalue weighted by molar-refractivity contribution is -0.130. The third-order valence-corrected chi connectivity index (χ3v) is 7.38. The Morgan fingerprint density at radius 2 is 1.87 bits per heavy atom. The van der Waals surface area contributed by atoms with Crippen molar-refractivity contribution < 1.29 is 9.32 Å². The zero-order valence-electron chi connectivity index (χ0n) is 17.7. The zero-order valence-corrected chi connectivity index (χ0v) is 17.7. The summed E-state index contributed by atoms with van der Waals surface area (Å²) in [6.45, 7) is 5.28. The molecule has 0 radical (unpaired) electrons. The first-order chi connectivity index (χ1) is 14.7. The lowest BCUT2D eigenvalue weighted by Gasteiger charge is -2.36. The van der Waals surface area contributed by atoms with Crippen LogP contribution in [0.15, 0.2) is 29.0 Å². The highest BCUT2D eigenvalue weighted by molar-refractivity contribution is 5.73. The standard InChI is InChI=1S/C23H31N5O2/c1-16(29)27-11-8-19(9-12-27)28-14-20(18-7-4-10-24-13-18)21(15-28)23-25-22(26-30-23)17-5-2-3-6-17/h4,7,10,13,17,19-21H,2-3,5-6,8-9,11-12,14-15H2,1H3. The first-order valence-corrected chi connectivity index (χ1v) is 11.4. The van der Waals surface area contributed by atoms with Gasteiger partial charge in [-0.1, -0.05) is 24.1 Å². The third-order valence-electron chi connectivity index (χ3n) is 7.38. The number of hydrogen-bond acceptors (Lipinski definition) is 6. The van der Waals surface area contributed by atoms with E-state index in [1.165, 1.54) is 31.2 Å². The Bertz CT molecular complexity index is 855. The molecule has 4 heterocycles. The van der Waals surface area contributed by atoms with Crippen LogP contribution in [0.1, 0.15) is 80.5 Å². The minimum atomic E-state index is 0.186. The number of likely N-dealkylation sites (tertiary alicyclic amines) is 2. The van der Waals surface area contributed by atoms with E-state index in [1.807, 2.05) is 23.4 Å². The highest BCUT2D eigenvalue weighted by atomic mass is 16.5. The first-order valence-electron chi connectivity index (χ1n) is 11.4. The van der Waals surface area contributed by atoms with Crippen LogP contribution in [0.3, 0.4) is 0 Å². The predicted octanol–water partition coefficient (Wildman–Crippen LogP) is 3.32. The van der Waals surface area contributed by atoms with Gasteiger partial charge in [-0.15, -0.1) is 0 Å². The minimum absolute atomic E-state index is 0.186. The Hall–Kier alpha value is -2.28. The maximum Gasteiger partial charge on any atom is 0.231 e. The normalized spacial score (nSPS) is 26.5. The van der Waals surface area contributed by atoms with Crippen LogP contribution < -0.4 is 0 Å². The van der Waals surface area contributed by atoms with Gasteiger partial charge in [-0.25, -0.2) is 0 Å². The minimum Gasteiger partial charge on any atom is -0.343 e. The molecule has 0 spiro atoms. The van der Waals surface area contributed by atoms with E-state index in [-0.39, 0.29) is 11.8 Å². The number of piperidine rings is 1. The van der Waals surface area contributed by atoms with E-state index >= 15 is 0 Å². The molecule has 30 heavy (non-hydrogen) atoms. The molecule has 0 aromatic carbocycles. The average molecular weight is 410 g/mol. The molecule has 3 aliphatic rings. The van der Waals surface area contributed by atoms with Gasteiger partial charge in [0.25, 0.3) is 0 Å². The molecule has 0 N–H and O–H groups in total. The van der Waals surface area contributed by atoms with Gasteiger partial charge in [0.2, 0.25) is 11.8 Å². The number of aromatic nitrogens is 3. The summed E-state index contributed by atoms with van der Waals surface area (Å²) in [5.74, 6) is 2.85. The molecule has 2 atom stereocenters. The van der Waals surface area contributed by atoms with Crippen molar-refractivity contribution in [2.45, 2.75) is 69.2 Å². The van der Waals surface area contributed by atoms with Crippen molar-refractivity contribution in [2.75, 3.05) is 26.2 Å². The number of hydrogen-bond donors (Lipinski definition) is 0. The van der Waals surface area contributed by atoms with Crippen molar-refractivity contribution in [3.05, 3.63) is 41.8 Å². The fourth-order valence-electron chi connectivity index (χ4n) is 5.61. The second-order valence-corrected chi connectivity index (χ2v) is 9.16. The lowest BCUT2D eigenvalue weighted by atomic mass is 9.90. The molecular formula is C23H31N5O2. The summed E-state index contributed by atoms with van der Waals surface area (Å²) in [5.41, 5.74) is 1.24. The van der Waals surface area contributed by atoms with Crippen molar-refractivity contribution in [1.29, 1.82) is 0 Å². The van der Waals surface area contributed by atoms with Gasteiger partial charge in [0.05, 0.1) is 5.92 Å². The highest BCUT2D eigenvalue weighted by Crippen LogP contribution is 2.41. The largest absolute Gasteiger partial charge is 0.343 e. The number of rotatable bonds is 4. The predicted molar refractivity (Wildman–Crippen MR) is 112 cm³/mol. The molecule has 2 saturated heterocycles. The number of nitrogens with zero attached hydrogens (tertiary/aromatic N) is 5. The van der Waals surface area contributed by atoms with E-state index in [9.17, 15) is 4.79 Å². The van der Waals surface area contributed by atoms with Crippen molar-refractivity contribution in [1.82, 2.24) is 24.9 Å². The molecular weight excluding hydrogens is 378 g/mol. The SMILES string of the molecule is CC(=O)N1CCC(N2CC(c3cccnc3)C(c3nc(C4CCCC4)no3)C2)CC1. The second-order valence-electron chi connectivity index (χ2n) is 9.16. The fraction of sp³-hybridized carbons (Fsp3) is 0.652. The van der Waals surface area contributed by atoms with Gasteiger partial charge in [0.15, 0.2) is 5.82 Å². The van der Waals surface area contributed by atoms with Gasteiger partial charge in [0.1, 0.15) is 0 Å². The Kier molecular flexibility index (Phi) is 5.54. The molecule has 5 rings (SSSR count). The smallest absolute Gasteiger partial charge is 0.231 e. The number of pyridine rings is 1. The fourth-order valence-corrected chi connectivity index (χ4v) is 5.61.